The minimum atomic E-state index is -0.920. The molecule has 1 N–H and O–H groups in total. The number of allylic oxidation sites excluding steroid dienone is 4. The Hall–Kier alpha value is -3.13. The molecule has 2 aliphatic carbocycles. The molecule has 1 saturated carbocycles. The van der Waals surface area contributed by atoms with Gasteiger partial charge in [0.15, 0.2) is 0 Å². The summed E-state index contributed by atoms with van der Waals surface area (Å²) in [4.78, 5) is 29.5. The van der Waals surface area contributed by atoms with E-state index in [1.165, 1.54) is 20.0 Å². The van der Waals surface area contributed by atoms with Crippen molar-refractivity contribution in [1.82, 2.24) is 14.7 Å². The number of halogens is 2. The van der Waals surface area contributed by atoms with E-state index in [2.05, 4.69) is 21.0 Å². The van der Waals surface area contributed by atoms with E-state index in [1.54, 1.807) is 0 Å². The summed E-state index contributed by atoms with van der Waals surface area (Å²) in [6, 6.07) is 9.62. The molecule has 1 spiro atoms. The van der Waals surface area contributed by atoms with Crippen LogP contribution < -0.4 is 5.32 Å². The van der Waals surface area contributed by atoms with E-state index < -0.39 is 5.54 Å². The number of hydrogen-bond donors (Lipinski definition) is 1. The first-order valence-electron chi connectivity index (χ1n) is 14.4. The predicted octanol–water partition coefficient (Wildman–Crippen LogP) is 6.14. The predicted molar refractivity (Wildman–Crippen MR) is 158 cm³/mol. The molecule has 0 radical (unpaired) electrons. The Labute approximate surface area is 248 Å². The lowest BCUT2D eigenvalue weighted by Crippen LogP contribution is -2.54. The number of nitrogens with zero attached hydrogens (tertiary/aromatic N) is 3. The van der Waals surface area contributed by atoms with E-state index in [9.17, 15) is 9.59 Å². The van der Waals surface area contributed by atoms with Gasteiger partial charge >= 0.3 is 5.97 Å². The minimum absolute atomic E-state index is 0.0120. The zero-order valence-electron chi connectivity index (χ0n) is 22.9. The van der Waals surface area contributed by atoms with Crippen LogP contribution in [0.1, 0.15) is 52.5 Å². The summed E-state index contributed by atoms with van der Waals surface area (Å²) in [6.07, 6.45) is 10.2. The smallest absolute Gasteiger partial charge is 0.338 e. The average Bonchev–Trinajstić information content (AvgIpc) is 3.29. The molecule has 4 heterocycles. The monoisotopic (exact) mass is 588 g/mol. The maximum Gasteiger partial charge on any atom is 0.338 e. The zero-order chi connectivity index (χ0) is 28.2. The van der Waals surface area contributed by atoms with E-state index in [1.807, 2.05) is 49.4 Å². The third kappa shape index (κ3) is 3.40. The highest BCUT2D eigenvalue weighted by Crippen LogP contribution is 2.63. The van der Waals surface area contributed by atoms with Crippen molar-refractivity contribution in [3.63, 3.8) is 0 Å². The van der Waals surface area contributed by atoms with Gasteiger partial charge in [-0.15, -0.1) is 0 Å². The number of amides is 1. The number of rotatable bonds is 4. The summed E-state index contributed by atoms with van der Waals surface area (Å²) in [5.41, 5.74) is 4.11. The van der Waals surface area contributed by atoms with E-state index in [4.69, 9.17) is 33.0 Å². The van der Waals surface area contributed by atoms with Crippen LogP contribution in [0.4, 0.5) is 5.69 Å². The molecule has 1 saturated heterocycles. The quantitative estimate of drug-likeness (QED) is 0.370. The number of carbonyl (C=O) groups is 2. The summed E-state index contributed by atoms with van der Waals surface area (Å²) in [5, 5.41) is 10.9. The SMILES string of the molecule is COC(=O)c1ccc2c3n(nc2c1C)[C@H]1C(C2C=CC=C2Cl)[C@]2(C(=O)Nc4cc(Cl)ccc42)N(CC2CC2)[C@H]1CC3. The number of nitrogens with one attached hydrogen (secondary N) is 1. The third-order valence-corrected chi connectivity index (χ3v) is 10.7. The van der Waals surface area contributed by atoms with E-state index in [0.29, 0.717) is 16.5 Å². The van der Waals surface area contributed by atoms with Gasteiger partial charge in [-0.3, -0.25) is 14.4 Å². The van der Waals surface area contributed by atoms with Crippen LogP contribution in [0.3, 0.4) is 0 Å². The highest BCUT2D eigenvalue weighted by molar-refractivity contribution is 6.31. The van der Waals surface area contributed by atoms with Crippen LogP contribution in [0, 0.1) is 24.7 Å². The first-order chi connectivity index (χ1) is 19.8. The Balaban J connectivity index is 1.39. The van der Waals surface area contributed by atoms with Gasteiger partial charge < -0.3 is 10.1 Å². The molecular formula is C32H30Cl2N4O3. The number of ether oxygens (including phenoxy) is 1. The van der Waals surface area contributed by atoms with Crippen molar-refractivity contribution < 1.29 is 14.3 Å². The molecule has 0 bridgehead atoms. The number of likely N-dealkylation sites (tertiary alicyclic amines) is 1. The maximum atomic E-state index is 14.5. The van der Waals surface area contributed by atoms with Crippen LogP contribution >= 0.6 is 23.2 Å². The van der Waals surface area contributed by atoms with Gasteiger partial charge in [0, 0.05) is 56.8 Å². The molecule has 7 nitrogen and oxygen atoms in total. The first kappa shape index (κ1) is 25.6. The number of aromatic nitrogens is 2. The van der Waals surface area contributed by atoms with Crippen molar-refractivity contribution >= 4 is 51.7 Å². The number of anilines is 1. The zero-order valence-corrected chi connectivity index (χ0v) is 24.4. The van der Waals surface area contributed by atoms with Crippen LogP contribution in [0.15, 0.2) is 53.6 Å². The molecule has 1 aromatic heterocycles. The molecule has 2 aromatic carbocycles. The molecule has 1 amide bonds. The molecule has 41 heavy (non-hydrogen) atoms. The Kier molecular flexibility index (Phi) is 5.57. The number of carbonyl (C=O) groups excluding carboxylic acids is 2. The van der Waals surface area contributed by atoms with Crippen LogP contribution in [-0.2, 0) is 21.5 Å². The lowest BCUT2D eigenvalue weighted by atomic mass is 9.70. The minimum Gasteiger partial charge on any atom is -0.465 e. The third-order valence-electron chi connectivity index (χ3n) is 10.1. The van der Waals surface area contributed by atoms with Gasteiger partial charge in [-0.05, 0) is 68.4 Å². The van der Waals surface area contributed by atoms with E-state index in [-0.39, 0.29) is 35.8 Å². The van der Waals surface area contributed by atoms with E-state index >= 15 is 0 Å². The van der Waals surface area contributed by atoms with Gasteiger partial charge in [0.2, 0.25) is 5.91 Å². The van der Waals surface area contributed by atoms with Gasteiger partial charge in [0.05, 0.1) is 24.2 Å². The standard InChI is InChI=1S/C32H30Cl2N4O3/c1-16-19(30(39)41-2)9-10-21-25-12-13-26-29(38(25)36-28(16)21)27(20-4-3-5-23(20)34)32(37(26)15-17-6-7-17)22-11-8-18(33)14-24(22)35-31(32)40/h3-5,8-11,14,17,20,26-27,29H,6-7,12-13,15H2,1-2H3,(H,35,40)/t20?,26-,27?,29+,32+/m0/s1. The van der Waals surface area contributed by atoms with Crippen molar-refractivity contribution in [2.75, 3.05) is 19.0 Å². The van der Waals surface area contributed by atoms with Crippen molar-refractivity contribution in [2.45, 2.75) is 50.2 Å². The number of methoxy groups -OCH3 is 1. The van der Waals surface area contributed by atoms with Crippen molar-refractivity contribution in [1.29, 1.82) is 0 Å². The van der Waals surface area contributed by atoms with Gasteiger partial charge in [0.1, 0.15) is 5.54 Å². The summed E-state index contributed by atoms with van der Waals surface area (Å²) in [7, 11) is 1.40. The Morgan fingerprint density at radius 1 is 1.20 bits per heavy atom. The second-order valence-electron chi connectivity index (χ2n) is 12.1. The summed E-state index contributed by atoms with van der Waals surface area (Å²) in [6.45, 7) is 2.79. The second kappa shape index (κ2) is 8.93. The van der Waals surface area contributed by atoms with E-state index in [0.717, 1.165) is 57.8 Å². The average molecular weight is 590 g/mol. The van der Waals surface area contributed by atoms with Crippen molar-refractivity contribution in [3.05, 3.63) is 81.0 Å². The maximum absolute atomic E-state index is 14.5. The summed E-state index contributed by atoms with van der Waals surface area (Å²) < 4.78 is 7.23. The molecule has 5 atom stereocenters. The van der Waals surface area contributed by atoms with Gasteiger partial charge in [-0.25, -0.2) is 4.79 Å². The van der Waals surface area contributed by atoms with Gasteiger partial charge in [0.25, 0.3) is 0 Å². The van der Waals surface area contributed by atoms with Crippen LogP contribution in [0.25, 0.3) is 10.9 Å². The Morgan fingerprint density at radius 2 is 2.02 bits per heavy atom. The topological polar surface area (TPSA) is 76.5 Å². The number of hydrogen-bond acceptors (Lipinski definition) is 5. The number of esters is 1. The van der Waals surface area contributed by atoms with Crippen molar-refractivity contribution in [2.24, 2.45) is 17.8 Å². The Bertz CT molecular complexity index is 1720. The molecule has 5 aliphatic rings. The molecule has 210 valence electrons. The largest absolute Gasteiger partial charge is 0.465 e. The van der Waals surface area contributed by atoms with Gasteiger partial charge in [-0.1, -0.05) is 47.5 Å². The highest BCUT2D eigenvalue weighted by atomic mass is 35.5. The van der Waals surface area contributed by atoms with Crippen LogP contribution in [-0.4, -0.2) is 46.3 Å². The second-order valence-corrected chi connectivity index (χ2v) is 13.0. The summed E-state index contributed by atoms with van der Waals surface area (Å²) in [5.74, 6) is -0.159. The number of fused-ring (bicyclic) bond motifs is 7. The van der Waals surface area contributed by atoms with Crippen molar-refractivity contribution in [3.8, 4) is 0 Å². The lowest BCUT2D eigenvalue weighted by molar-refractivity contribution is -0.130. The molecule has 3 aliphatic heterocycles. The molecule has 2 fully saturated rings. The lowest BCUT2D eigenvalue weighted by Gasteiger charge is -2.41. The highest BCUT2D eigenvalue weighted by Gasteiger charge is 2.69. The molecular weight excluding hydrogens is 559 g/mol. The first-order valence-corrected chi connectivity index (χ1v) is 15.1. The molecule has 9 heteroatoms. The van der Waals surface area contributed by atoms with Crippen LogP contribution in [0.2, 0.25) is 5.02 Å². The van der Waals surface area contributed by atoms with Crippen LogP contribution in [0.5, 0.6) is 0 Å². The number of benzene rings is 2. The van der Waals surface area contributed by atoms with Gasteiger partial charge in [-0.2, -0.15) is 5.10 Å². The summed E-state index contributed by atoms with van der Waals surface area (Å²) >= 11 is 13.4. The fraction of sp³-hybridized carbons (Fsp3) is 0.406. The fourth-order valence-corrected chi connectivity index (χ4v) is 8.68. The number of aryl methyl sites for hydroxylation is 2. The fourth-order valence-electron chi connectivity index (χ4n) is 8.23. The normalized spacial score (nSPS) is 30.0. The molecule has 8 rings (SSSR count). The molecule has 3 aromatic rings. The Morgan fingerprint density at radius 3 is 2.76 bits per heavy atom. The molecule has 2 unspecified atom stereocenters.